The Bertz CT molecular complexity index is 2570. The second kappa shape index (κ2) is 10.6. The third-order valence-electron chi connectivity index (χ3n) is 9.47. The smallest absolute Gasteiger partial charge is 0.143 e. The van der Waals surface area contributed by atoms with Crippen LogP contribution in [0.25, 0.3) is 76.1 Å². The van der Waals surface area contributed by atoms with Crippen LogP contribution in [0.5, 0.6) is 11.5 Å². The van der Waals surface area contributed by atoms with Gasteiger partial charge in [-0.05, 0) is 78.5 Å². The van der Waals surface area contributed by atoms with Gasteiger partial charge in [-0.3, -0.25) is 0 Å². The van der Waals surface area contributed by atoms with Crippen LogP contribution in [0.2, 0.25) is 0 Å². The molecule has 216 valence electrons. The minimum atomic E-state index is 0.862. The van der Waals surface area contributed by atoms with Gasteiger partial charge in [0.15, 0.2) is 0 Å². The van der Waals surface area contributed by atoms with Crippen molar-refractivity contribution in [1.29, 1.82) is 0 Å². The van der Waals surface area contributed by atoms with E-state index in [0.29, 0.717) is 0 Å². The topological polar surface area (TPSA) is 9.23 Å². The number of rotatable bonds is 4. The van der Waals surface area contributed by atoms with Crippen molar-refractivity contribution in [2.24, 2.45) is 0 Å². The zero-order chi connectivity index (χ0) is 30.6. The molecule has 0 amide bonds. The first-order valence-electron chi connectivity index (χ1n) is 15.9. The molecule has 0 aromatic heterocycles. The Balaban J connectivity index is 1.32. The van der Waals surface area contributed by atoms with E-state index >= 15 is 0 Å². The van der Waals surface area contributed by atoms with Crippen LogP contribution in [0.4, 0.5) is 0 Å². The molecule has 0 heterocycles. The maximum Gasteiger partial charge on any atom is 0.143 e. The second-order valence-corrected chi connectivity index (χ2v) is 12.1. The van der Waals surface area contributed by atoms with Crippen LogP contribution in [0.15, 0.2) is 164 Å². The van der Waals surface area contributed by atoms with Gasteiger partial charge >= 0.3 is 0 Å². The summed E-state index contributed by atoms with van der Waals surface area (Å²) in [5.41, 5.74) is 6.26. The van der Waals surface area contributed by atoms with Crippen molar-refractivity contribution in [2.75, 3.05) is 0 Å². The molecule has 0 radical (unpaired) electrons. The molecule has 0 aliphatic rings. The van der Waals surface area contributed by atoms with E-state index in [1.807, 2.05) is 0 Å². The van der Waals surface area contributed by atoms with Crippen molar-refractivity contribution < 1.29 is 4.74 Å². The molecule has 1 heteroatoms. The van der Waals surface area contributed by atoms with Crippen LogP contribution < -0.4 is 4.74 Å². The highest BCUT2D eigenvalue weighted by atomic mass is 16.5. The lowest BCUT2D eigenvalue weighted by Crippen LogP contribution is -1.94. The molecule has 9 aromatic carbocycles. The van der Waals surface area contributed by atoms with Crippen molar-refractivity contribution in [3.8, 4) is 33.8 Å². The lowest BCUT2D eigenvalue weighted by atomic mass is 9.86. The van der Waals surface area contributed by atoms with Crippen LogP contribution in [0.3, 0.4) is 0 Å². The molecule has 0 spiro atoms. The lowest BCUT2D eigenvalue weighted by molar-refractivity contribution is 0.499. The van der Waals surface area contributed by atoms with Crippen LogP contribution >= 0.6 is 0 Å². The highest BCUT2D eigenvalue weighted by molar-refractivity contribution is 6.21. The first-order chi connectivity index (χ1) is 22.8. The average Bonchev–Trinajstić information content (AvgIpc) is 3.12. The molecule has 0 saturated heterocycles. The van der Waals surface area contributed by atoms with E-state index in [-0.39, 0.29) is 0 Å². The predicted molar refractivity (Wildman–Crippen MR) is 196 cm³/mol. The molecule has 0 aliphatic heterocycles. The number of hydrogen-bond donors (Lipinski definition) is 0. The SMILES string of the molecule is Cc1ccc(-c2ccc(-c3c4ccccc4c(Oc4cccc5ccccc45)c4ccccc34)c3ccccc23)c2ccccc12. The Morgan fingerprint density at radius 2 is 0.761 bits per heavy atom. The Kier molecular flexibility index (Phi) is 6.11. The minimum absolute atomic E-state index is 0.862. The van der Waals surface area contributed by atoms with E-state index in [1.165, 1.54) is 60.1 Å². The second-order valence-electron chi connectivity index (χ2n) is 12.1. The molecular weight excluding hydrogens is 556 g/mol. The number of ether oxygens (including phenoxy) is 1. The van der Waals surface area contributed by atoms with E-state index in [2.05, 4.69) is 171 Å². The van der Waals surface area contributed by atoms with Crippen molar-refractivity contribution in [2.45, 2.75) is 6.92 Å². The predicted octanol–water partition coefficient (Wildman–Crippen LogP) is 12.9. The summed E-state index contributed by atoms with van der Waals surface area (Å²) in [5, 5.41) is 11.9. The van der Waals surface area contributed by atoms with Crippen LogP contribution in [0, 0.1) is 6.92 Å². The summed E-state index contributed by atoms with van der Waals surface area (Å²) in [4.78, 5) is 0. The van der Waals surface area contributed by atoms with Gasteiger partial charge in [-0.25, -0.2) is 0 Å². The molecule has 0 unspecified atom stereocenters. The fraction of sp³-hybridized carbons (Fsp3) is 0.0222. The molecular formula is C45H30O. The van der Waals surface area contributed by atoms with Gasteiger partial charge in [0.05, 0.1) is 0 Å². The highest BCUT2D eigenvalue weighted by Crippen LogP contribution is 2.48. The first kappa shape index (κ1) is 26.5. The monoisotopic (exact) mass is 586 g/mol. The zero-order valence-corrected chi connectivity index (χ0v) is 25.5. The van der Waals surface area contributed by atoms with E-state index in [1.54, 1.807) is 0 Å². The Morgan fingerprint density at radius 1 is 0.326 bits per heavy atom. The Hall–Kier alpha value is -5.92. The van der Waals surface area contributed by atoms with Gasteiger partial charge in [0.1, 0.15) is 11.5 Å². The highest BCUT2D eigenvalue weighted by Gasteiger charge is 2.20. The van der Waals surface area contributed by atoms with Gasteiger partial charge in [0, 0.05) is 16.2 Å². The number of fused-ring (bicyclic) bond motifs is 5. The number of hydrogen-bond acceptors (Lipinski definition) is 1. The molecule has 1 nitrogen and oxygen atoms in total. The summed E-state index contributed by atoms with van der Waals surface area (Å²) in [6, 6.07) is 58.8. The maximum atomic E-state index is 6.92. The molecule has 0 saturated carbocycles. The van der Waals surface area contributed by atoms with Gasteiger partial charge in [0.2, 0.25) is 0 Å². The van der Waals surface area contributed by atoms with Crippen LogP contribution in [-0.2, 0) is 0 Å². The Labute approximate surface area is 267 Å². The third-order valence-corrected chi connectivity index (χ3v) is 9.47. The van der Waals surface area contributed by atoms with E-state index in [0.717, 1.165) is 33.0 Å². The van der Waals surface area contributed by atoms with Gasteiger partial charge in [-0.1, -0.05) is 158 Å². The maximum absolute atomic E-state index is 6.92. The van der Waals surface area contributed by atoms with E-state index in [4.69, 9.17) is 4.74 Å². The summed E-state index contributed by atoms with van der Waals surface area (Å²) in [7, 11) is 0. The zero-order valence-electron chi connectivity index (χ0n) is 25.5. The average molecular weight is 587 g/mol. The van der Waals surface area contributed by atoms with Gasteiger partial charge in [-0.15, -0.1) is 0 Å². The van der Waals surface area contributed by atoms with Crippen molar-refractivity contribution in [3.63, 3.8) is 0 Å². The van der Waals surface area contributed by atoms with Gasteiger partial charge in [-0.2, -0.15) is 0 Å². The summed E-state index contributed by atoms with van der Waals surface area (Å²) < 4.78 is 6.92. The largest absolute Gasteiger partial charge is 0.455 e. The molecule has 0 fully saturated rings. The van der Waals surface area contributed by atoms with E-state index in [9.17, 15) is 0 Å². The van der Waals surface area contributed by atoms with Crippen molar-refractivity contribution in [3.05, 3.63) is 169 Å². The number of benzene rings is 9. The van der Waals surface area contributed by atoms with Gasteiger partial charge < -0.3 is 4.74 Å². The fourth-order valence-electron chi connectivity index (χ4n) is 7.32. The normalized spacial score (nSPS) is 11.6. The quantitative estimate of drug-likeness (QED) is 0.186. The third kappa shape index (κ3) is 4.09. The molecule has 0 aliphatic carbocycles. The Morgan fingerprint density at radius 3 is 1.41 bits per heavy atom. The van der Waals surface area contributed by atoms with Gasteiger partial charge in [0.25, 0.3) is 0 Å². The van der Waals surface area contributed by atoms with Crippen molar-refractivity contribution in [1.82, 2.24) is 0 Å². The molecule has 9 aromatic rings. The lowest BCUT2D eigenvalue weighted by Gasteiger charge is -2.20. The first-order valence-corrected chi connectivity index (χ1v) is 15.9. The summed E-state index contributed by atoms with van der Waals surface area (Å²) in [5.74, 6) is 1.75. The standard InChI is InChI=1S/C45H30O/c1-29-25-26-36(33-17-5-4-15-31(29)33)37-27-28-40(35-19-7-6-18-34(35)37)44-38-20-8-10-22-41(38)45(42-23-11-9-21-39(42)44)46-43-24-12-14-30-13-2-3-16-32(30)43/h2-28H,1H3. The summed E-state index contributed by atoms with van der Waals surface area (Å²) >= 11 is 0. The van der Waals surface area contributed by atoms with Crippen molar-refractivity contribution >= 4 is 53.9 Å². The number of aryl methyl sites for hydroxylation is 1. The molecule has 0 atom stereocenters. The molecule has 9 rings (SSSR count). The summed E-state index contributed by atoms with van der Waals surface area (Å²) in [6.45, 7) is 2.19. The van der Waals surface area contributed by atoms with Crippen LogP contribution in [-0.4, -0.2) is 0 Å². The van der Waals surface area contributed by atoms with E-state index < -0.39 is 0 Å². The fourth-order valence-corrected chi connectivity index (χ4v) is 7.32. The molecule has 0 N–H and O–H groups in total. The minimum Gasteiger partial charge on any atom is -0.455 e. The summed E-state index contributed by atoms with van der Waals surface area (Å²) in [6.07, 6.45) is 0. The molecule has 46 heavy (non-hydrogen) atoms. The van der Waals surface area contributed by atoms with Crippen LogP contribution in [0.1, 0.15) is 5.56 Å². The molecule has 0 bridgehead atoms.